The molecule has 0 aromatic rings. The van der Waals surface area contributed by atoms with Gasteiger partial charge in [0.2, 0.25) is 0 Å². The Balaban J connectivity index is 0. The summed E-state index contributed by atoms with van der Waals surface area (Å²) in [6.07, 6.45) is 0. The van der Waals surface area contributed by atoms with Crippen molar-refractivity contribution in [1.29, 1.82) is 0 Å². The van der Waals surface area contributed by atoms with Crippen molar-refractivity contribution < 1.29 is 36.5 Å². The zero-order valence-corrected chi connectivity index (χ0v) is 7.23. The first-order valence-electron chi connectivity index (χ1n) is 0. The van der Waals surface area contributed by atoms with Crippen LogP contribution in [-0.2, 0) is 36.5 Å². The van der Waals surface area contributed by atoms with Gasteiger partial charge in [-0.3, -0.25) is 0 Å². The summed E-state index contributed by atoms with van der Waals surface area (Å²) in [6.45, 7) is 0. The van der Waals surface area contributed by atoms with Crippen LogP contribution in [0.1, 0.15) is 0 Å². The molecule has 0 amide bonds. The largest absolute Gasteiger partial charge is 0 e. The van der Waals surface area contributed by atoms with E-state index in [2.05, 4.69) is 0 Å². The Labute approximate surface area is 62.0 Å². The van der Waals surface area contributed by atoms with Crippen LogP contribution in [0.2, 0.25) is 0 Å². The minimum atomic E-state index is 0. The Bertz CT molecular complexity index is 8.00. The molecule has 0 rings (SSSR count). The van der Waals surface area contributed by atoms with Crippen molar-refractivity contribution in [2.75, 3.05) is 0 Å². The van der Waals surface area contributed by atoms with Crippen molar-refractivity contribution in [3.63, 3.8) is 0 Å². The minimum absolute atomic E-state index is 0. The maximum atomic E-state index is 0. The van der Waals surface area contributed by atoms with E-state index in [0.717, 1.165) is 0 Å². The molecule has 0 aromatic carbocycles. The Morgan fingerprint density at radius 2 is 1.00 bits per heavy atom. The fraction of sp³-hybridized carbons (Fsp3) is 0. The van der Waals surface area contributed by atoms with Crippen LogP contribution >= 0.6 is 0 Å². The fourth-order valence-electron chi connectivity index (χ4n) is 0. The molecule has 0 aliphatic heterocycles. The van der Waals surface area contributed by atoms with Crippen molar-refractivity contribution >= 4 is 25.8 Å². The second-order valence-electron chi connectivity index (χ2n) is 0. The van der Waals surface area contributed by atoms with Gasteiger partial charge < -0.3 is 0 Å². The average Bonchev–Trinajstić information content (AvgIpc) is 0. The molecule has 4 heavy (non-hydrogen) atoms. The first-order chi connectivity index (χ1) is 0. The topological polar surface area (TPSA) is 0 Å². The van der Waals surface area contributed by atoms with Crippen LogP contribution in [0, 0.1) is 0 Å². The molecule has 0 fully saturated rings. The van der Waals surface area contributed by atoms with Gasteiger partial charge in [-0.05, 0) is 0 Å². The molecule has 0 atom stereocenters. The van der Waals surface area contributed by atoms with Crippen molar-refractivity contribution in [3.05, 3.63) is 0 Å². The average molecular weight is 167 g/mol. The van der Waals surface area contributed by atoms with Gasteiger partial charge in [0.05, 0.1) is 0 Å². The van der Waals surface area contributed by atoms with Crippen LogP contribution in [0.15, 0.2) is 0 Å². The van der Waals surface area contributed by atoms with Gasteiger partial charge in [0.1, 0.15) is 0 Å². The summed E-state index contributed by atoms with van der Waals surface area (Å²) in [5.41, 5.74) is 0. The smallest absolute Gasteiger partial charge is 0 e. The van der Waals surface area contributed by atoms with E-state index in [4.69, 9.17) is 0 Å². The van der Waals surface area contributed by atoms with E-state index in [1.165, 1.54) is 0 Å². The quantitative estimate of drug-likeness (QED) is 0.415. The van der Waals surface area contributed by atoms with Gasteiger partial charge in [0.15, 0.2) is 0 Å². The molecule has 0 heterocycles. The van der Waals surface area contributed by atoms with Crippen LogP contribution in [-0.4, -0.2) is 25.8 Å². The third-order valence-corrected chi connectivity index (χ3v) is 0. The van der Waals surface area contributed by atoms with Crippen LogP contribution in [0.5, 0.6) is 0 Å². The van der Waals surface area contributed by atoms with E-state index in [9.17, 15) is 0 Å². The third kappa shape index (κ3) is 9.27. The Morgan fingerprint density at radius 3 is 1.00 bits per heavy atom. The summed E-state index contributed by atoms with van der Waals surface area (Å²) in [6, 6.07) is 0. The first kappa shape index (κ1) is 42.6. The molecule has 0 aliphatic carbocycles. The van der Waals surface area contributed by atoms with Crippen LogP contribution in [0.25, 0.3) is 0 Å². The van der Waals surface area contributed by atoms with Gasteiger partial charge in [-0.15, -0.1) is 0 Å². The molecule has 0 bridgehead atoms. The Kier molecular flexibility index (Phi) is 233. The molecular weight excluding hydrogens is 167 g/mol. The fourth-order valence-corrected chi connectivity index (χ4v) is 0. The molecule has 0 saturated heterocycles. The molecule has 7 radical (unpaired) electrons. The predicted molar refractivity (Wildman–Crippen MR) is 11.5 cm³/mol. The summed E-state index contributed by atoms with van der Waals surface area (Å²) in [4.78, 5) is 0. The standard InChI is InChI=1S/Al.B.Cu.Zn. The van der Waals surface area contributed by atoms with Crippen molar-refractivity contribution in [1.82, 2.24) is 0 Å². The van der Waals surface area contributed by atoms with Crippen LogP contribution in [0.4, 0.5) is 0 Å². The van der Waals surface area contributed by atoms with E-state index in [1.807, 2.05) is 0 Å². The molecule has 0 saturated carbocycles. The van der Waals surface area contributed by atoms with Gasteiger partial charge in [0.25, 0.3) is 0 Å². The summed E-state index contributed by atoms with van der Waals surface area (Å²) < 4.78 is 0. The maximum absolute atomic E-state index is 0. The number of hydrogen-bond acceptors (Lipinski definition) is 0. The Hall–Kier alpha value is 1.74. The molecule has 0 nitrogen and oxygen atoms in total. The zero-order valence-electron chi connectivity index (χ0n) is 2.16. The van der Waals surface area contributed by atoms with Crippen molar-refractivity contribution in [2.24, 2.45) is 0 Å². The second-order valence-corrected chi connectivity index (χ2v) is 0. The molecule has 0 unspecified atom stereocenters. The number of rotatable bonds is 0. The molecule has 0 spiro atoms. The molecular formula is AlBCuZn. The van der Waals surface area contributed by atoms with E-state index >= 15 is 0 Å². The van der Waals surface area contributed by atoms with Gasteiger partial charge in [-0.1, -0.05) is 0 Å². The van der Waals surface area contributed by atoms with Crippen molar-refractivity contribution in [3.8, 4) is 0 Å². The third-order valence-electron chi connectivity index (χ3n) is 0. The van der Waals surface area contributed by atoms with E-state index in [0.29, 0.717) is 0 Å². The van der Waals surface area contributed by atoms with E-state index < -0.39 is 0 Å². The first-order valence-corrected chi connectivity index (χ1v) is 0. The summed E-state index contributed by atoms with van der Waals surface area (Å²) in [5.74, 6) is 0. The molecule has 4 heteroatoms. The van der Waals surface area contributed by atoms with Gasteiger partial charge in [-0.2, -0.15) is 0 Å². The predicted octanol–water partition coefficient (Wildman–Crippen LogP) is -0.767. The molecule has 0 N–H and O–H groups in total. The maximum Gasteiger partial charge on any atom is 0 e. The number of hydrogen-bond donors (Lipinski definition) is 0. The van der Waals surface area contributed by atoms with Crippen molar-refractivity contribution in [2.45, 2.75) is 0 Å². The normalized spacial score (nSPS) is 0. The SMILES string of the molecule is [Al].[B].[Cu].[Zn]. The van der Waals surface area contributed by atoms with Gasteiger partial charge >= 0.3 is 0 Å². The van der Waals surface area contributed by atoms with Crippen LogP contribution < -0.4 is 0 Å². The zero-order chi connectivity index (χ0) is 0. The molecule has 0 aliphatic rings. The van der Waals surface area contributed by atoms with E-state index in [1.54, 1.807) is 0 Å². The summed E-state index contributed by atoms with van der Waals surface area (Å²) in [5, 5.41) is 0. The second kappa shape index (κ2) is 21.9. The monoisotopic (exact) mass is 165 g/mol. The summed E-state index contributed by atoms with van der Waals surface area (Å²) in [7, 11) is 0. The molecule has 0 aromatic heterocycles. The minimum Gasteiger partial charge on any atom is 0 e. The van der Waals surface area contributed by atoms with Crippen LogP contribution in [0.3, 0.4) is 0 Å². The van der Waals surface area contributed by atoms with E-state index in [-0.39, 0.29) is 62.3 Å². The summed E-state index contributed by atoms with van der Waals surface area (Å²) >= 11 is 0. The van der Waals surface area contributed by atoms with Gasteiger partial charge in [-0.25, -0.2) is 0 Å². The Morgan fingerprint density at radius 1 is 1.00 bits per heavy atom. The van der Waals surface area contributed by atoms with Gasteiger partial charge in [0, 0.05) is 62.3 Å². The molecule has 19 valence electrons.